The highest BCUT2D eigenvalue weighted by Gasteiger charge is 2.21. The Kier molecular flexibility index (Phi) is 5.86. The Balaban J connectivity index is 1.64. The van der Waals surface area contributed by atoms with E-state index < -0.39 is 5.97 Å². The summed E-state index contributed by atoms with van der Waals surface area (Å²) in [5.74, 6) is 2.48. The van der Waals surface area contributed by atoms with Crippen molar-refractivity contribution < 1.29 is 14.6 Å². The minimum atomic E-state index is -0.810. The first-order chi connectivity index (χ1) is 13.2. The molecule has 2 aliphatic rings. The lowest BCUT2D eigenvalue weighted by Crippen LogP contribution is -2.33. The molecule has 142 valence electrons. The van der Waals surface area contributed by atoms with Crippen LogP contribution in [0.4, 0.5) is 0 Å². The molecule has 0 spiro atoms. The highest BCUT2D eigenvalue weighted by molar-refractivity contribution is 7.99. The van der Waals surface area contributed by atoms with Crippen LogP contribution in [0.15, 0.2) is 35.7 Å². The van der Waals surface area contributed by atoms with E-state index in [1.54, 1.807) is 11.3 Å². The molecule has 0 amide bonds. The summed E-state index contributed by atoms with van der Waals surface area (Å²) in [6.45, 7) is 3.96. The minimum Gasteiger partial charge on any atom is -0.488 e. The van der Waals surface area contributed by atoms with Crippen molar-refractivity contribution in [3.8, 4) is 5.75 Å². The second-order valence-corrected chi connectivity index (χ2v) is 8.97. The van der Waals surface area contributed by atoms with E-state index in [0.717, 1.165) is 29.8 Å². The number of nitrogens with zero attached hydrogens (tertiary/aromatic N) is 1. The van der Waals surface area contributed by atoms with E-state index in [0.29, 0.717) is 6.61 Å². The van der Waals surface area contributed by atoms with Crippen molar-refractivity contribution in [2.45, 2.75) is 19.4 Å². The van der Waals surface area contributed by atoms with Crippen LogP contribution in [0.1, 0.15) is 28.0 Å². The summed E-state index contributed by atoms with van der Waals surface area (Å²) in [6, 6.07) is 7.89. The van der Waals surface area contributed by atoms with Crippen LogP contribution in [0, 0.1) is 0 Å². The Hall–Kier alpha value is -1.76. The Labute approximate surface area is 167 Å². The first kappa shape index (κ1) is 18.6. The zero-order chi connectivity index (χ0) is 18.6. The summed E-state index contributed by atoms with van der Waals surface area (Å²) in [4.78, 5) is 14.9. The van der Waals surface area contributed by atoms with Gasteiger partial charge in [0.15, 0.2) is 0 Å². The Morgan fingerprint density at radius 3 is 2.93 bits per heavy atom. The molecule has 1 fully saturated rings. The van der Waals surface area contributed by atoms with Crippen LogP contribution in [0.3, 0.4) is 0 Å². The summed E-state index contributed by atoms with van der Waals surface area (Å²) in [5.41, 5.74) is 4.22. The van der Waals surface area contributed by atoms with E-state index in [1.165, 1.54) is 40.6 Å². The lowest BCUT2D eigenvalue weighted by atomic mass is 9.97. The average molecular weight is 402 g/mol. The van der Waals surface area contributed by atoms with Gasteiger partial charge < -0.3 is 14.7 Å². The Bertz CT molecular complexity index is 853. The standard InChI is InChI=1S/C21H23NO3S2/c23-20(24)13-15-3-4-19-18(12-15)17(21-16(14-25-19)5-9-27-21)2-1-6-22-7-10-26-11-8-22/h2-5,9,12H,1,6-8,10-11,13-14H2,(H,23,24)/b17-2+. The molecule has 0 bridgehead atoms. The maximum Gasteiger partial charge on any atom is 0.307 e. The predicted molar refractivity (Wildman–Crippen MR) is 112 cm³/mol. The molecular weight excluding hydrogens is 378 g/mol. The van der Waals surface area contributed by atoms with Crippen LogP contribution in [0.25, 0.3) is 5.57 Å². The Morgan fingerprint density at radius 2 is 2.11 bits per heavy atom. The van der Waals surface area contributed by atoms with E-state index in [9.17, 15) is 4.79 Å². The van der Waals surface area contributed by atoms with Gasteiger partial charge in [-0.05, 0) is 41.1 Å². The molecule has 4 rings (SSSR count). The van der Waals surface area contributed by atoms with Gasteiger partial charge in [-0.2, -0.15) is 11.8 Å². The number of hydrogen-bond donors (Lipinski definition) is 1. The number of carboxylic acids is 1. The molecule has 0 unspecified atom stereocenters. The van der Waals surface area contributed by atoms with Crippen molar-refractivity contribution >= 4 is 34.6 Å². The number of carbonyl (C=O) groups is 1. The quantitative estimate of drug-likeness (QED) is 0.816. The topological polar surface area (TPSA) is 49.8 Å². The number of ether oxygens (including phenoxy) is 1. The fraction of sp³-hybridized carbons (Fsp3) is 0.381. The van der Waals surface area contributed by atoms with Crippen LogP contribution in [-0.4, -0.2) is 47.1 Å². The number of thioether (sulfide) groups is 1. The molecule has 0 atom stereocenters. The fourth-order valence-electron chi connectivity index (χ4n) is 3.58. The number of aliphatic carboxylic acids is 1. The smallest absolute Gasteiger partial charge is 0.307 e. The summed E-state index contributed by atoms with van der Waals surface area (Å²) >= 11 is 3.77. The molecule has 1 N–H and O–H groups in total. The van der Waals surface area contributed by atoms with E-state index in [1.807, 2.05) is 30.0 Å². The summed E-state index contributed by atoms with van der Waals surface area (Å²) in [6.07, 6.45) is 3.33. The molecule has 27 heavy (non-hydrogen) atoms. The molecule has 3 heterocycles. The molecule has 1 saturated heterocycles. The highest BCUT2D eigenvalue weighted by Crippen LogP contribution is 2.40. The number of rotatable bonds is 5. The molecule has 0 radical (unpaired) electrons. The lowest BCUT2D eigenvalue weighted by molar-refractivity contribution is -0.136. The normalized spacial score (nSPS) is 18.4. The van der Waals surface area contributed by atoms with Crippen molar-refractivity contribution in [1.29, 1.82) is 0 Å². The number of benzene rings is 1. The van der Waals surface area contributed by atoms with E-state index in [4.69, 9.17) is 9.84 Å². The molecule has 1 aromatic carbocycles. The van der Waals surface area contributed by atoms with E-state index in [2.05, 4.69) is 22.4 Å². The zero-order valence-electron chi connectivity index (χ0n) is 15.1. The van der Waals surface area contributed by atoms with Crippen molar-refractivity contribution in [2.24, 2.45) is 0 Å². The van der Waals surface area contributed by atoms with Crippen LogP contribution in [-0.2, 0) is 17.8 Å². The maximum absolute atomic E-state index is 11.1. The van der Waals surface area contributed by atoms with Gasteiger partial charge in [0.2, 0.25) is 0 Å². The predicted octanol–water partition coefficient (Wildman–Crippen LogP) is 4.14. The van der Waals surface area contributed by atoms with Crippen molar-refractivity contribution in [1.82, 2.24) is 4.90 Å². The average Bonchev–Trinajstić information content (AvgIpc) is 3.08. The number of carboxylic acid groups (broad SMARTS) is 1. The third-order valence-corrected chi connectivity index (χ3v) is 6.89. The van der Waals surface area contributed by atoms with Crippen molar-refractivity contribution in [3.63, 3.8) is 0 Å². The van der Waals surface area contributed by atoms with Gasteiger partial charge in [0.1, 0.15) is 12.4 Å². The molecule has 2 aliphatic heterocycles. The van der Waals surface area contributed by atoms with Crippen LogP contribution < -0.4 is 4.74 Å². The van der Waals surface area contributed by atoms with Crippen LogP contribution in [0.2, 0.25) is 0 Å². The second kappa shape index (κ2) is 8.50. The van der Waals surface area contributed by atoms with Gasteiger partial charge in [0.25, 0.3) is 0 Å². The fourth-order valence-corrected chi connectivity index (χ4v) is 5.53. The van der Waals surface area contributed by atoms with Gasteiger partial charge in [-0.15, -0.1) is 11.3 Å². The zero-order valence-corrected chi connectivity index (χ0v) is 16.8. The van der Waals surface area contributed by atoms with Gasteiger partial charge in [-0.25, -0.2) is 0 Å². The van der Waals surface area contributed by atoms with Gasteiger partial charge in [-0.1, -0.05) is 12.1 Å². The summed E-state index contributed by atoms with van der Waals surface area (Å²) < 4.78 is 6.03. The third kappa shape index (κ3) is 4.39. The van der Waals surface area contributed by atoms with Crippen LogP contribution >= 0.6 is 23.1 Å². The first-order valence-corrected chi connectivity index (χ1v) is 11.3. The summed E-state index contributed by atoms with van der Waals surface area (Å²) in [7, 11) is 0. The number of thiophene rings is 1. The monoisotopic (exact) mass is 401 g/mol. The van der Waals surface area contributed by atoms with Gasteiger partial charge in [-0.3, -0.25) is 4.79 Å². The third-order valence-electron chi connectivity index (χ3n) is 4.96. The molecule has 2 aromatic rings. The molecule has 0 aliphatic carbocycles. The molecule has 6 heteroatoms. The van der Waals surface area contributed by atoms with E-state index >= 15 is 0 Å². The Morgan fingerprint density at radius 1 is 1.26 bits per heavy atom. The molecule has 0 saturated carbocycles. The highest BCUT2D eigenvalue weighted by atomic mass is 32.2. The number of fused-ring (bicyclic) bond motifs is 2. The summed E-state index contributed by atoms with van der Waals surface area (Å²) in [5, 5.41) is 11.3. The SMILES string of the molecule is O=C(O)Cc1ccc2c(c1)/C(=C\CCN1CCSCC1)c1sccc1CO2. The molecule has 1 aromatic heterocycles. The second-order valence-electron chi connectivity index (χ2n) is 6.83. The van der Waals surface area contributed by atoms with Crippen LogP contribution in [0.5, 0.6) is 5.75 Å². The van der Waals surface area contributed by atoms with Crippen molar-refractivity contribution in [2.75, 3.05) is 31.1 Å². The van der Waals surface area contributed by atoms with Gasteiger partial charge in [0, 0.05) is 47.1 Å². The van der Waals surface area contributed by atoms with Gasteiger partial charge in [0.05, 0.1) is 6.42 Å². The maximum atomic E-state index is 11.1. The lowest BCUT2D eigenvalue weighted by Gasteiger charge is -2.25. The minimum absolute atomic E-state index is 0.0311. The first-order valence-electron chi connectivity index (χ1n) is 9.25. The van der Waals surface area contributed by atoms with Crippen molar-refractivity contribution in [3.05, 3.63) is 57.3 Å². The van der Waals surface area contributed by atoms with Gasteiger partial charge >= 0.3 is 5.97 Å². The number of hydrogen-bond acceptors (Lipinski definition) is 5. The molecule has 4 nitrogen and oxygen atoms in total. The molecular formula is C21H23NO3S2. The largest absolute Gasteiger partial charge is 0.488 e. The van der Waals surface area contributed by atoms with E-state index in [-0.39, 0.29) is 6.42 Å².